The normalized spacial score (nSPS) is 11.6. The molecule has 1 aromatic heterocycles. The van der Waals surface area contributed by atoms with Gasteiger partial charge in [-0.05, 0) is 23.8 Å². The van der Waals surface area contributed by atoms with Crippen molar-refractivity contribution in [3.8, 4) is 0 Å². The molecule has 1 N–H and O–H groups in total. The van der Waals surface area contributed by atoms with Crippen molar-refractivity contribution in [2.24, 2.45) is 0 Å². The molecule has 0 unspecified atom stereocenters. The van der Waals surface area contributed by atoms with Gasteiger partial charge in [0.2, 0.25) is 0 Å². The first-order valence-electron chi connectivity index (χ1n) is 6.23. The molecule has 22 heavy (non-hydrogen) atoms. The van der Waals surface area contributed by atoms with E-state index in [4.69, 9.17) is 0 Å². The maximum absolute atomic E-state index is 12.4. The summed E-state index contributed by atoms with van der Waals surface area (Å²) < 4.78 is 24.8. The third kappa shape index (κ3) is 2.42. The molecular weight excluding hydrogens is 308 g/mol. The van der Waals surface area contributed by atoms with Crippen LogP contribution in [0.15, 0.2) is 47.4 Å². The smallest absolute Gasteiger partial charge is 0.258 e. The second-order valence-electron chi connectivity index (χ2n) is 4.59. The van der Waals surface area contributed by atoms with Crippen LogP contribution < -0.4 is 0 Å². The van der Waals surface area contributed by atoms with Crippen LogP contribution >= 0.6 is 0 Å². The first kappa shape index (κ1) is 14.1. The van der Waals surface area contributed by atoms with Crippen LogP contribution in [0.5, 0.6) is 0 Å². The number of nitrogens with zero attached hydrogens (tertiary/aromatic N) is 3. The summed E-state index contributed by atoms with van der Waals surface area (Å²) in [6, 6.07) is 10.6. The number of nitro groups is 1. The first-order chi connectivity index (χ1) is 10.5. The van der Waals surface area contributed by atoms with E-state index in [1.54, 1.807) is 18.2 Å². The van der Waals surface area contributed by atoms with Crippen molar-refractivity contribution in [1.82, 2.24) is 15.4 Å². The van der Waals surface area contributed by atoms with Crippen LogP contribution in [0.3, 0.4) is 0 Å². The summed E-state index contributed by atoms with van der Waals surface area (Å²) in [6.45, 7) is 0. The van der Waals surface area contributed by atoms with Gasteiger partial charge in [-0.15, -0.1) is 5.10 Å². The predicted molar refractivity (Wildman–Crippen MR) is 77.9 cm³/mol. The number of fused-ring (bicyclic) bond motifs is 1. The number of H-pyrrole nitrogens is 1. The number of hydrogen-bond donors (Lipinski definition) is 1. The van der Waals surface area contributed by atoms with E-state index in [9.17, 15) is 18.5 Å². The van der Waals surface area contributed by atoms with Gasteiger partial charge < -0.3 is 0 Å². The van der Waals surface area contributed by atoms with Crippen LogP contribution in [-0.2, 0) is 15.6 Å². The number of aromatic nitrogens is 3. The topological polar surface area (TPSA) is 119 Å². The van der Waals surface area contributed by atoms with Crippen molar-refractivity contribution >= 4 is 26.6 Å². The Morgan fingerprint density at radius 1 is 1.05 bits per heavy atom. The Bertz CT molecular complexity index is 951. The van der Waals surface area contributed by atoms with E-state index in [-0.39, 0.29) is 27.4 Å². The van der Waals surface area contributed by atoms with Crippen molar-refractivity contribution in [1.29, 1.82) is 0 Å². The van der Waals surface area contributed by atoms with E-state index < -0.39 is 14.8 Å². The molecule has 2 aromatic carbocycles. The van der Waals surface area contributed by atoms with Crippen molar-refractivity contribution in [3.63, 3.8) is 0 Å². The lowest BCUT2D eigenvalue weighted by Gasteiger charge is -2.05. The van der Waals surface area contributed by atoms with Crippen LogP contribution in [0.2, 0.25) is 0 Å². The van der Waals surface area contributed by atoms with Crippen LogP contribution in [0, 0.1) is 10.1 Å². The van der Waals surface area contributed by atoms with Gasteiger partial charge in [0.1, 0.15) is 5.52 Å². The van der Waals surface area contributed by atoms with Gasteiger partial charge in [0.05, 0.1) is 15.6 Å². The number of nitrogens with one attached hydrogen (secondary N) is 1. The van der Waals surface area contributed by atoms with Crippen molar-refractivity contribution in [2.75, 3.05) is 0 Å². The molecule has 0 fully saturated rings. The zero-order chi connectivity index (χ0) is 15.7. The average Bonchev–Trinajstić information content (AvgIpc) is 2.97. The molecule has 0 atom stereocenters. The van der Waals surface area contributed by atoms with Crippen molar-refractivity contribution < 1.29 is 13.3 Å². The quantitative estimate of drug-likeness (QED) is 0.579. The molecule has 0 saturated heterocycles. The standard InChI is InChI=1S/C13H10N4O4S/c18-17(19)11-7-6-9(12-13(11)15-16-14-12)8-22(20,21)10-4-2-1-3-5-10/h1-7H,8H2,(H,14,15,16). The Labute approximate surface area is 124 Å². The second kappa shape index (κ2) is 5.19. The van der Waals surface area contributed by atoms with E-state index in [1.807, 2.05) is 0 Å². The zero-order valence-electron chi connectivity index (χ0n) is 11.1. The maximum atomic E-state index is 12.4. The summed E-state index contributed by atoms with van der Waals surface area (Å²) in [5, 5.41) is 20.8. The maximum Gasteiger partial charge on any atom is 0.299 e. The summed E-state index contributed by atoms with van der Waals surface area (Å²) in [5.41, 5.74) is 0.377. The molecule has 0 radical (unpaired) electrons. The summed E-state index contributed by atoms with van der Waals surface area (Å²) in [4.78, 5) is 10.5. The minimum atomic E-state index is -3.57. The fraction of sp³-hybridized carbons (Fsp3) is 0.0769. The summed E-state index contributed by atoms with van der Waals surface area (Å²) in [6.07, 6.45) is 0. The number of non-ortho nitro benzene ring substituents is 1. The van der Waals surface area contributed by atoms with Gasteiger partial charge >= 0.3 is 0 Å². The minimum Gasteiger partial charge on any atom is -0.258 e. The monoisotopic (exact) mass is 318 g/mol. The Kier molecular flexibility index (Phi) is 3.33. The molecule has 9 heteroatoms. The van der Waals surface area contributed by atoms with Crippen molar-refractivity contribution in [2.45, 2.75) is 10.6 Å². The van der Waals surface area contributed by atoms with Crippen LogP contribution in [0.4, 0.5) is 5.69 Å². The third-order valence-corrected chi connectivity index (χ3v) is 4.86. The molecule has 0 bridgehead atoms. The molecule has 0 aliphatic heterocycles. The fourth-order valence-electron chi connectivity index (χ4n) is 2.15. The predicted octanol–water partition coefficient (Wildman–Crippen LogP) is 1.84. The minimum absolute atomic E-state index is 0.0470. The Balaban J connectivity index is 2.07. The van der Waals surface area contributed by atoms with E-state index >= 15 is 0 Å². The largest absolute Gasteiger partial charge is 0.299 e. The van der Waals surface area contributed by atoms with Crippen LogP contribution in [0.25, 0.3) is 11.0 Å². The van der Waals surface area contributed by atoms with Crippen molar-refractivity contribution in [3.05, 3.63) is 58.1 Å². The van der Waals surface area contributed by atoms with Gasteiger partial charge in [0.25, 0.3) is 5.69 Å². The summed E-state index contributed by atoms with van der Waals surface area (Å²) in [5.74, 6) is -0.307. The third-order valence-electron chi connectivity index (χ3n) is 3.18. The van der Waals surface area contributed by atoms with Gasteiger partial charge in [-0.2, -0.15) is 10.3 Å². The van der Waals surface area contributed by atoms with E-state index in [0.29, 0.717) is 5.56 Å². The molecule has 0 amide bonds. The highest BCUT2D eigenvalue weighted by atomic mass is 32.2. The van der Waals surface area contributed by atoms with Gasteiger partial charge in [0, 0.05) is 6.07 Å². The lowest BCUT2D eigenvalue weighted by molar-refractivity contribution is -0.383. The highest BCUT2D eigenvalue weighted by Crippen LogP contribution is 2.27. The molecule has 0 spiro atoms. The number of rotatable bonds is 4. The first-order valence-corrected chi connectivity index (χ1v) is 7.89. The number of benzene rings is 2. The summed E-state index contributed by atoms with van der Waals surface area (Å²) in [7, 11) is -3.57. The number of hydrogen-bond acceptors (Lipinski definition) is 6. The van der Waals surface area contributed by atoms with E-state index in [0.717, 1.165) is 0 Å². The highest BCUT2D eigenvalue weighted by molar-refractivity contribution is 7.90. The number of nitro benzene ring substituents is 1. The SMILES string of the molecule is O=[N+]([O-])c1ccc(CS(=O)(=O)c2ccccc2)c2n[nH]nc12. The molecule has 1 heterocycles. The molecule has 0 aliphatic carbocycles. The Morgan fingerprint density at radius 2 is 1.73 bits per heavy atom. The van der Waals surface area contributed by atoms with Gasteiger partial charge in [-0.3, -0.25) is 10.1 Å². The molecule has 0 aliphatic rings. The van der Waals surface area contributed by atoms with Crippen LogP contribution in [0.1, 0.15) is 5.56 Å². The molecule has 8 nitrogen and oxygen atoms in total. The van der Waals surface area contributed by atoms with E-state index in [1.165, 1.54) is 24.3 Å². The zero-order valence-corrected chi connectivity index (χ0v) is 11.9. The lowest BCUT2D eigenvalue weighted by Crippen LogP contribution is -2.05. The molecule has 0 saturated carbocycles. The Hall–Kier alpha value is -2.81. The fourth-order valence-corrected chi connectivity index (χ4v) is 3.53. The van der Waals surface area contributed by atoms with E-state index in [2.05, 4.69) is 15.4 Å². The average molecular weight is 318 g/mol. The lowest BCUT2D eigenvalue weighted by atomic mass is 10.2. The Morgan fingerprint density at radius 3 is 2.41 bits per heavy atom. The number of sulfone groups is 1. The number of aromatic amines is 1. The van der Waals surface area contributed by atoms with Gasteiger partial charge in [0.15, 0.2) is 15.4 Å². The van der Waals surface area contributed by atoms with Crippen LogP contribution in [-0.4, -0.2) is 28.8 Å². The highest BCUT2D eigenvalue weighted by Gasteiger charge is 2.22. The summed E-state index contributed by atoms with van der Waals surface area (Å²) >= 11 is 0. The molecule has 3 rings (SSSR count). The molecular formula is C13H10N4O4S. The molecule has 3 aromatic rings. The van der Waals surface area contributed by atoms with Gasteiger partial charge in [-0.25, -0.2) is 8.42 Å². The van der Waals surface area contributed by atoms with Gasteiger partial charge in [-0.1, -0.05) is 18.2 Å². The second-order valence-corrected chi connectivity index (χ2v) is 6.58. The molecule has 112 valence electrons.